The predicted molar refractivity (Wildman–Crippen MR) is 96.0 cm³/mol. The van der Waals surface area contributed by atoms with E-state index in [4.69, 9.17) is 4.74 Å². The summed E-state index contributed by atoms with van der Waals surface area (Å²) in [6.07, 6.45) is 0.916. The average molecular weight is 394 g/mol. The number of ether oxygens (including phenoxy) is 1. The highest BCUT2D eigenvalue weighted by Crippen LogP contribution is 2.27. The van der Waals surface area contributed by atoms with Gasteiger partial charge in [-0.25, -0.2) is 17.2 Å². The average Bonchev–Trinajstić information content (AvgIpc) is 3.09. The molecular formula is C19H20F2N2O3S. The Kier molecular flexibility index (Phi) is 4.88. The number of fused-ring (bicyclic) bond motifs is 1. The van der Waals surface area contributed by atoms with E-state index in [0.29, 0.717) is 19.2 Å². The van der Waals surface area contributed by atoms with Crippen molar-refractivity contribution in [2.24, 2.45) is 0 Å². The van der Waals surface area contributed by atoms with Crippen molar-refractivity contribution in [1.29, 1.82) is 0 Å². The van der Waals surface area contributed by atoms with E-state index in [9.17, 15) is 17.2 Å². The van der Waals surface area contributed by atoms with Crippen molar-refractivity contribution < 1.29 is 21.9 Å². The number of halogens is 2. The molecule has 8 heteroatoms. The number of piperazine rings is 1. The summed E-state index contributed by atoms with van der Waals surface area (Å²) in [5.74, 6) is -0.849. The van der Waals surface area contributed by atoms with E-state index < -0.39 is 21.7 Å². The highest BCUT2D eigenvalue weighted by molar-refractivity contribution is 7.89. The van der Waals surface area contributed by atoms with Crippen LogP contribution < -0.4 is 4.74 Å². The van der Waals surface area contributed by atoms with E-state index in [1.807, 2.05) is 12.1 Å². The van der Waals surface area contributed by atoms with Gasteiger partial charge in [-0.2, -0.15) is 4.31 Å². The first-order valence-electron chi connectivity index (χ1n) is 8.85. The lowest BCUT2D eigenvalue weighted by atomic mass is 10.1. The minimum absolute atomic E-state index is 0.286. The maximum Gasteiger partial charge on any atom is 0.243 e. The van der Waals surface area contributed by atoms with Gasteiger partial charge in [0.15, 0.2) is 0 Å². The lowest BCUT2D eigenvalue weighted by molar-refractivity contribution is 0.181. The number of benzene rings is 2. The van der Waals surface area contributed by atoms with Crippen molar-refractivity contribution in [2.45, 2.75) is 17.9 Å². The number of hydrogen-bond acceptors (Lipinski definition) is 4. The van der Waals surface area contributed by atoms with Gasteiger partial charge in [0.05, 0.1) is 11.5 Å². The molecule has 0 atom stereocenters. The van der Waals surface area contributed by atoms with E-state index in [2.05, 4.69) is 11.0 Å². The van der Waals surface area contributed by atoms with Gasteiger partial charge in [0.25, 0.3) is 0 Å². The van der Waals surface area contributed by atoms with E-state index in [1.54, 1.807) is 0 Å². The minimum atomic E-state index is -3.90. The molecule has 0 unspecified atom stereocenters. The third-order valence-corrected chi connectivity index (χ3v) is 6.84. The zero-order valence-corrected chi connectivity index (χ0v) is 15.5. The van der Waals surface area contributed by atoms with Crippen LogP contribution in [-0.4, -0.2) is 50.4 Å². The highest BCUT2D eigenvalue weighted by atomic mass is 32.2. The topological polar surface area (TPSA) is 49.9 Å². The summed E-state index contributed by atoms with van der Waals surface area (Å²) in [5, 5.41) is 0. The first-order valence-corrected chi connectivity index (χ1v) is 10.3. The van der Waals surface area contributed by atoms with Crippen molar-refractivity contribution >= 4 is 10.0 Å². The van der Waals surface area contributed by atoms with Crippen molar-refractivity contribution in [3.8, 4) is 5.75 Å². The molecule has 2 aromatic carbocycles. The zero-order valence-electron chi connectivity index (χ0n) is 14.7. The fourth-order valence-corrected chi connectivity index (χ4v) is 5.02. The molecule has 1 fully saturated rings. The van der Waals surface area contributed by atoms with Crippen LogP contribution in [0.4, 0.5) is 8.78 Å². The first kappa shape index (κ1) is 18.3. The lowest BCUT2D eigenvalue weighted by Gasteiger charge is -2.34. The minimum Gasteiger partial charge on any atom is -0.493 e. The Labute approximate surface area is 157 Å². The van der Waals surface area contributed by atoms with Gasteiger partial charge in [0.2, 0.25) is 10.0 Å². The lowest BCUT2D eigenvalue weighted by Crippen LogP contribution is -2.48. The second-order valence-electron chi connectivity index (χ2n) is 6.83. The monoisotopic (exact) mass is 394 g/mol. The molecule has 2 aliphatic rings. The Morgan fingerprint density at radius 2 is 1.67 bits per heavy atom. The van der Waals surface area contributed by atoms with Crippen LogP contribution in [-0.2, 0) is 23.0 Å². The molecule has 4 rings (SSSR count). The number of rotatable bonds is 4. The molecule has 0 amide bonds. The summed E-state index contributed by atoms with van der Waals surface area (Å²) in [6.45, 7) is 3.14. The van der Waals surface area contributed by atoms with Crippen molar-refractivity contribution in [2.75, 3.05) is 32.8 Å². The molecule has 2 aromatic rings. The summed E-state index contributed by atoms with van der Waals surface area (Å²) >= 11 is 0. The van der Waals surface area contributed by atoms with Crippen LogP contribution in [0.3, 0.4) is 0 Å². The van der Waals surface area contributed by atoms with Crippen LogP contribution in [0.2, 0.25) is 0 Å². The quantitative estimate of drug-likeness (QED) is 0.799. The molecule has 144 valence electrons. The Morgan fingerprint density at radius 1 is 0.963 bits per heavy atom. The molecule has 2 heterocycles. The van der Waals surface area contributed by atoms with Crippen molar-refractivity contribution in [3.63, 3.8) is 0 Å². The van der Waals surface area contributed by atoms with Crippen molar-refractivity contribution in [1.82, 2.24) is 9.21 Å². The van der Waals surface area contributed by atoms with Crippen LogP contribution in [0.1, 0.15) is 11.1 Å². The largest absolute Gasteiger partial charge is 0.493 e. The molecule has 1 saturated heterocycles. The smallest absolute Gasteiger partial charge is 0.243 e. The maximum atomic E-state index is 13.4. The first-order chi connectivity index (χ1) is 12.9. The second kappa shape index (κ2) is 7.18. The molecule has 0 saturated carbocycles. The van der Waals surface area contributed by atoms with E-state index >= 15 is 0 Å². The standard InChI is InChI=1S/C19H20F2N2O3S/c20-16-10-17(21)12-18(11-16)27(24,25)23-6-4-22(5-7-23)13-14-1-2-19-15(9-14)3-8-26-19/h1-2,9-12H,3-8,13H2. The second-order valence-corrected chi connectivity index (χ2v) is 8.76. The molecule has 5 nitrogen and oxygen atoms in total. The molecular weight excluding hydrogens is 374 g/mol. The van der Waals surface area contributed by atoms with Gasteiger partial charge in [-0.1, -0.05) is 12.1 Å². The normalized spacial score (nSPS) is 18.3. The predicted octanol–water partition coefficient (Wildman–Crippen LogP) is 2.41. The number of hydrogen-bond donors (Lipinski definition) is 0. The van der Waals surface area contributed by atoms with Gasteiger partial charge in [-0.05, 0) is 29.3 Å². The molecule has 0 aromatic heterocycles. The molecule has 2 aliphatic heterocycles. The third kappa shape index (κ3) is 3.83. The fraction of sp³-hybridized carbons (Fsp3) is 0.368. The number of sulfonamides is 1. The van der Waals surface area contributed by atoms with Gasteiger partial charge in [0.1, 0.15) is 17.4 Å². The third-order valence-electron chi connectivity index (χ3n) is 4.97. The van der Waals surface area contributed by atoms with Gasteiger partial charge >= 0.3 is 0 Å². The van der Waals surface area contributed by atoms with Gasteiger partial charge in [0, 0.05) is 45.2 Å². The van der Waals surface area contributed by atoms with Crippen LogP contribution in [0.25, 0.3) is 0 Å². The van der Waals surface area contributed by atoms with Crippen LogP contribution in [0, 0.1) is 11.6 Å². The molecule has 0 bridgehead atoms. The van der Waals surface area contributed by atoms with Gasteiger partial charge < -0.3 is 4.74 Å². The Morgan fingerprint density at radius 3 is 2.37 bits per heavy atom. The molecule has 27 heavy (non-hydrogen) atoms. The SMILES string of the molecule is O=S(=O)(c1cc(F)cc(F)c1)N1CCN(Cc2ccc3c(c2)CCO3)CC1. The summed E-state index contributed by atoms with van der Waals surface area (Å²) in [4.78, 5) is 1.84. The number of nitrogens with zero attached hydrogens (tertiary/aromatic N) is 2. The van der Waals surface area contributed by atoms with Crippen LogP contribution in [0.15, 0.2) is 41.3 Å². The van der Waals surface area contributed by atoms with Gasteiger partial charge in [-0.15, -0.1) is 0 Å². The Bertz CT molecular complexity index is 937. The van der Waals surface area contributed by atoms with E-state index in [-0.39, 0.29) is 18.0 Å². The summed E-state index contributed by atoms with van der Waals surface area (Å²) in [6, 6.07) is 8.54. The molecule has 0 radical (unpaired) electrons. The molecule has 0 N–H and O–H groups in total. The van der Waals surface area contributed by atoms with Gasteiger partial charge in [-0.3, -0.25) is 4.90 Å². The summed E-state index contributed by atoms with van der Waals surface area (Å²) < 4.78 is 58.9. The van der Waals surface area contributed by atoms with Crippen LogP contribution in [0.5, 0.6) is 5.75 Å². The highest BCUT2D eigenvalue weighted by Gasteiger charge is 2.29. The summed E-state index contributed by atoms with van der Waals surface area (Å²) in [7, 11) is -3.90. The van der Waals surface area contributed by atoms with Crippen molar-refractivity contribution in [3.05, 3.63) is 59.2 Å². The van der Waals surface area contributed by atoms with Crippen LogP contribution >= 0.6 is 0 Å². The molecule has 0 aliphatic carbocycles. The zero-order chi connectivity index (χ0) is 19.0. The van der Waals surface area contributed by atoms with E-state index in [0.717, 1.165) is 37.5 Å². The maximum absolute atomic E-state index is 13.4. The Balaban J connectivity index is 1.41. The summed E-state index contributed by atoms with van der Waals surface area (Å²) in [5.41, 5.74) is 2.38. The Hall–Kier alpha value is -2.03. The van der Waals surface area contributed by atoms with E-state index in [1.165, 1.54) is 15.4 Å². The molecule has 0 spiro atoms. The fourth-order valence-electron chi connectivity index (χ4n) is 3.55.